The molecule has 2 atom stereocenters. The van der Waals surface area contributed by atoms with E-state index in [1.807, 2.05) is 0 Å². The van der Waals surface area contributed by atoms with Crippen LogP contribution in [0.3, 0.4) is 0 Å². The summed E-state index contributed by atoms with van der Waals surface area (Å²) in [7, 11) is 0. The Kier molecular flexibility index (Phi) is 5.20. The van der Waals surface area contributed by atoms with Crippen molar-refractivity contribution in [3.63, 3.8) is 0 Å². The van der Waals surface area contributed by atoms with E-state index in [1.54, 1.807) is 51.1 Å². The van der Waals surface area contributed by atoms with Gasteiger partial charge in [-0.15, -0.1) is 0 Å². The molecule has 0 aliphatic carbocycles. The van der Waals surface area contributed by atoms with Gasteiger partial charge in [0.15, 0.2) is 17.0 Å². The van der Waals surface area contributed by atoms with E-state index < -0.39 is 22.8 Å². The molecule has 0 aliphatic rings. The zero-order valence-electron chi connectivity index (χ0n) is 12.2. The maximum atomic E-state index is 12.6. The van der Waals surface area contributed by atoms with Crippen molar-refractivity contribution < 1.29 is 19.8 Å². The van der Waals surface area contributed by atoms with Crippen LogP contribution in [0, 0.1) is 0 Å². The van der Waals surface area contributed by atoms with Crippen LogP contribution in [0.5, 0.6) is 0 Å². The number of hydrogen-bond donors (Lipinski definition) is 2. The highest BCUT2D eigenvalue weighted by Gasteiger charge is 2.51. The summed E-state index contributed by atoms with van der Waals surface area (Å²) in [4.78, 5) is 24.5. The van der Waals surface area contributed by atoms with Crippen LogP contribution in [0.25, 0.3) is 0 Å². The quantitative estimate of drug-likeness (QED) is 0.748. The molecule has 0 amide bonds. The van der Waals surface area contributed by atoms with Crippen molar-refractivity contribution in [2.75, 3.05) is 0 Å². The molecule has 1 aromatic rings. The molecule has 0 fully saturated rings. The predicted molar refractivity (Wildman–Crippen MR) is 76.2 cm³/mol. The fourth-order valence-corrected chi connectivity index (χ4v) is 2.33. The van der Waals surface area contributed by atoms with Crippen molar-refractivity contribution in [3.05, 3.63) is 35.9 Å². The lowest BCUT2D eigenvalue weighted by Gasteiger charge is -2.34. The number of hydrogen-bond acceptors (Lipinski definition) is 4. The number of carbonyl (C=O) groups excluding carboxylic acids is 2. The van der Waals surface area contributed by atoms with Crippen molar-refractivity contribution in [2.24, 2.45) is 0 Å². The Hall–Kier alpha value is -1.52. The Labute approximate surface area is 119 Å². The molecule has 0 saturated heterocycles. The molecule has 0 heterocycles. The highest BCUT2D eigenvalue weighted by Crippen LogP contribution is 2.32. The monoisotopic (exact) mass is 278 g/mol. The van der Waals surface area contributed by atoms with Gasteiger partial charge in [0.2, 0.25) is 5.78 Å². The largest absolute Gasteiger partial charge is 0.377 e. The van der Waals surface area contributed by atoms with Gasteiger partial charge in [0.25, 0.3) is 0 Å². The standard InChI is InChI=1S/C16H22O4/c1-4-13(17)16(20,6-3)14(18)15(19,5-2)12-10-8-7-9-11-12/h7-11,19-20H,4-6H2,1-3H3/t15-,16+/m0/s1. The SMILES string of the molecule is CCC(=O)[C@](O)(CC)C(=O)[C@](O)(CC)c1ccccc1. The van der Waals surface area contributed by atoms with E-state index in [9.17, 15) is 19.8 Å². The molecular weight excluding hydrogens is 256 g/mol. The molecule has 20 heavy (non-hydrogen) atoms. The Morgan fingerprint density at radius 3 is 1.95 bits per heavy atom. The van der Waals surface area contributed by atoms with E-state index >= 15 is 0 Å². The zero-order chi connectivity index (χ0) is 15.4. The first-order valence-electron chi connectivity index (χ1n) is 6.95. The third kappa shape index (κ3) is 2.67. The summed E-state index contributed by atoms with van der Waals surface area (Å²) >= 11 is 0. The van der Waals surface area contributed by atoms with Gasteiger partial charge >= 0.3 is 0 Å². The van der Waals surface area contributed by atoms with E-state index in [1.165, 1.54) is 0 Å². The molecule has 0 unspecified atom stereocenters. The average molecular weight is 278 g/mol. The van der Waals surface area contributed by atoms with E-state index in [0.717, 1.165) is 0 Å². The summed E-state index contributed by atoms with van der Waals surface area (Å²) in [5.41, 5.74) is -3.59. The van der Waals surface area contributed by atoms with Crippen LogP contribution in [0.15, 0.2) is 30.3 Å². The van der Waals surface area contributed by atoms with Crippen LogP contribution in [0.2, 0.25) is 0 Å². The van der Waals surface area contributed by atoms with E-state index in [4.69, 9.17) is 0 Å². The van der Waals surface area contributed by atoms with Crippen LogP contribution < -0.4 is 0 Å². The molecule has 0 radical (unpaired) electrons. The lowest BCUT2D eigenvalue weighted by Crippen LogP contribution is -2.55. The Morgan fingerprint density at radius 2 is 1.55 bits per heavy atom. The number of Topliss-reactive ketones (excluding diaryl/α,β-unsaturated/α-hetero) is 2. The molecular formula is C16H22O4. The van der Waals surface area contributed by atoms with Crippen LogP contribution in [-0.2, 0) is 15.2 Å². The summed E-state index contributed by atoms with van der Waals surface area (Å²) in [6.07, 6.45) is 0.0907. The normalized spacial score (nSPS) is 17.1. The number of ketones is 2. The number of aliphatic hydroxyl groups is 2. The van der Waals surface area contributed by atoms with Gasteiger partial charge in [-0.1, -0.05) is 51.1 Å². The summed E-state index contributed by atoms with van der Waals surface area (Å²) in [6, 6.07) is 8.42. The number of rotatable bonds is 7. The van der Waals surface area contributed by atoms with Gasteiger partial charge in [0.1, 0.15) is 0 Å². The minimum absolute atomic E-state index is 0.0463. The smallest absolute Gasteiger partial charge is 0.207 e. The van der Waals surface area contributed by atoms with Crippen molar-refractivity contribution in [1.82, 2.24) is 0 Å². The fourth-order valence-electron chi connectivity index (χ4n) is 2.33. The molecule has 4 nitrogen and oxygen atoms in total. The van der Waals surface area contributed by atoms with E-state index in [0.29, 0.717) is 5.56 Å². The molecule has 4 heteroatoms. The van der Waals surface area contributed by atoms with Crippen molar-refractivity contribution in [2.45, 2.75) is 51.2 Å². The van der Waals surface area contributed by atoms with E-state index in [2.05, 4.69) is 0 Å². The molecule has 1 aromatic carbocycles. The maximum Gasteiger partial charge on any atom is 0.207 e. The fraction of sp³-hybridized carbons (Fsp3) is 0.500. The van der Waals surface area contributed by atoms with Gasteiger partial charge in [-0.05, 0) is 18.4 Å². The molecule has 0 saturated carbocycles. The predicted octanol–water partition coefficient (Wildman–Crippen LogP) is 1.97. The Morgan fingerprint density at radius 1 is 1.00 bits per heavy atom. The van der Waals surface area contributed by atoms with Gasteiger partial charge in [-0.25, -0.2) is 0 Å². The number of carbonyl (C=O) groups is 2. The van der Waals surface area contributed by atoms with Crippen molar-refractivity contribution >= 4 is 11.6 Å². The first kappa shape index (κ1) is 16.5. The second-order valence-electron chi connectivity index (χ2n) is 4.90. The van der Waals surface area contributed by atoms with Crippen molar-refractivity contribution in [1.29, 1.82) is 0 Å². The third-order valence-electron chi connectivity index (χ3n) is 3.81. The lowest BCUT2D eigenvalue weighted by atomic mass is 9.75. The summed E-state index contributed by atoms with van der Waals surface area (Å²) in [5, 5.41) is 21.1. The van der Waals surface area contributed by atoms with Crippen molar-refractivity contribution in [3.8, 4) is 0 Å². The second kappa shape index (κ2) is 6.29. The molecule has 0 aromatic heterocycles. The van der Waals surface area contributed by atoms with Crippen LogP contribution in [0.4, 0.5) is 0 Å². The Bertz CT molecular complexity index is 483. The van der Waals surface area contributed by atoms with Crippen LogP contribution >= 0.6 is 0 Å². The maximum absolute atomic E-state index is 12.6. The van der Waals surface area contributed by atoms with Crippen LogP contribution in [-0.4, -0.2) is 27.4 Å². The molecule has 2 N–H and O–H groups in total. The van der Waals surface area contributed by atoms with Gasteiger partial charge in [-0.3, -0.25) is 9.59 Å². The second-order valence-corrected chi connectivity index (χ2v) is 4.90. The highest BCUT2D eigenvalue weighted by molar-refractivity contribution is 6.13. The molecule has 110 valence electrons. The minimum Gasteiger partial charge on any atom is -0.377 e. The highest BCUT2D eigenvalue weighted by atomic mass is 16.3. The molecule has 0 aliphatic heterocycles. The zero-order valence-corrected chi connectivity index (χ0v) is 12.2. The number of benzene rings is 1. The first-order valence-corrected chi connectivity index (χ1v) is 6.95. The van der Waals surface area contributed by atoms with Crippen LogP contribution in [0.1, 0.15) is 45.6 Å². The minimum atomic E-state index is -2.13. The van der Waals surface area contributed by atoms with E-state index in [-0.39, 0.29) is 19.3 Å². The average Bonchev–Trinajstić information content (AvgIpc) is 2.52. The van der Waals surface area contributed by atoms with Gasteiger partial charge < -0.3 is 10.2 Å². The van der Waals surface area contributed by atoms with Gasteiger partial charge in [-0.2, -0.15) is 0 Å². The summed E-state index contributed by atoms with van der Waals surface area (Å²) in [6.45, 7) is 4.80. The van der Waals surface area contributed by atoms with Gasteiger partial charge in [0, 0.05) is 6.42 Å². The first-order chi connectivity index (χ1) is 9.36. The third-order valence-corrected chi connectivity index (χ3v) is 3.81. The lowest BCUT2D eigenvalue weighted by molar-refractivity contribution is -0.165. The molecule has 1 rings (SSSR count). The summed E-state index contributed by atoms with van der Waals surface area (Å²) in [5.74, 6) is -1.40. The summed E-state index contributed by atoms with van der Waals surface area (Å²) < 4.78 is 0. The molecule has 0 bridgehead atoms. The van der Waals surface area contributed by atoms with Gasteiger partial charge in [0.05, 0.1) is 0 Å². The Balaban J connectivity index is 3.30. The topological polar surface area (TPSA) is 74.6 Å². The molecule has 0 spiro atoms.